The van der Waals surface area contributed by atoms with Crippen LogP contribution in [0.2, 0.25) is 0 Å². The highest BCUT2D eigenvalue weighted by molar-refractivity contribution is 5.71. The van der Waals surface area contributed by atoms with Crippen LogP contribution in [0.15, 0.2) is 60.8 Å². The van der Waals surface area contributed by atoms with Gasteiger partial charge in [0.05, 0.1) is 0 Å². The number of carbonyl (C=O) groups excluding carboxylic acids is 3. The zero-order valence-electron chi connectivity index (χ0n) is 38.0. The molecule has 0 aromatic rings. The number of hydrogen-bond donors (Lipinski definition) is 0. The average molecular weight is 811 g/mol. The molecule has 0 amide bonds. The lowest BCUT2D eigenvalue weighted by molar-refractivity contribution is -0.167. The van der Waals surface area contributed by atoms with Gasteiger partial charge in [0, 0.05) is 19.3 Å². The molecule has 0 heterocycles. The molecule has 6 heteroatoms. The molecular weight excluding hydrogens is 721 g/mol. The monoisotopic (exact) mass is 811 g/mol. The molecule has 1 unspecified atom stereocenters. The number of allylic oxidation sites excluding steroid dienone is 10. The zero-order chi connectivity index (χ0) is 42.3. The Labute approximate surface area is 358 Å². The van der Waals surface area contributed by atoms with Crippen molar-refractivity contribution in [3.05, 3.63) is 60.8 Å². The molecule has 6 nitrogen and oxygen atoms in total. The Morgan fingerprint density at radius 3 is 1.21 bits per heavy atom. The van der Waals surface area contributed by atoms with Crippen LogP contribution in [0.1, 0.15) is 233 Å². The van der Waals surface area contributed by atoms with Gasteiger partial charge in [-0.1, -0.05) is 204 Å². The second kappa shape index (κ2) is 46.8. The SMILES string of the molecule is CCCC/C=C\C=C/CCCCCC(=O)OCC(COC(=O)CCC/C=C\C/C=C\C/C=C\CCCCCCCC)OC(=O)CCCCCCCCCCCCCC. The van der Waals surface area contributed by atoms with Crippen LogP contribution in [0, 0.1) is 0 Å². The molecule has 334 valence electrons. The number of carbonyl (C=O) groups is 3. The Balaban J connectivity index is 4.46. The summed E-state index contributed by atoms with van der Waals surface area (Å²) in [6, 6.07) is 0. The van der Waals surface area contributed by atoms with E-state index < -0.39 is 6.10 Å². The third-order valence-corrected chi connectivity index (χ3v) is 10.3. The standard InChI is InChI=1S/C52H90O6/c1-4-7-10-13-16-19-22-24-25-26-27-28-31-33-36-39-42-45-51(54)57-48-49(47-56-50(53)44-41-38-35-32-29-21-18-15-12-9-6-3)58-52(55)46-43-40-37-34-30-23-20-17-14-11-8-5-2/h15,18,21,24-25,27-29,33,36,49H,4-14,16-17,19-20,22-23,26,30-32,34-35,37-48H2,1-3H3/b18-15-,25-24-,28-27-,29-21-,36-33-. The van der Waals surface area contributed by atoms with Crippen LogP contribution >= 0.6 is 0 Å². The summed E-state index contributed by atoms with van der Waals surface area (Å²) in [6.07, 6.45) is 56.4. The molecule has 0 fully saturated rings. The Morgan fingerprint density at radius 2 is 0.707 bits per heavy atom. The van der Waals surface area contributed by atoms with Gasteiger partial charge in [0.2, 0.25) is 0 Å². The summed E-state index contributed by atoms with van der Waals surface area (Å²) >= 11 is 0. The first-order valence-corrected chi connectivity index (χ1v) is 24.3. The minimum Gasteiger partial charge on any atom is -0.462 e. The molecular formula is C52H90O6. The molecule has 0 aliphatic carbocycles. The average Bonchev–Trinajstić information content (AvgIpc) is 3.22. The van der Waals surface area contributed by atoms with Gasteiger partial charge in [-0.25, -0.2) is 0 Å². The molecule has 58 heavy (non-hydrogen) atoms. The maximum Gasteiger partial charge on any atom is 0.306 e. The van der Waals surface area contributed by atoms with Crippen molar-refractivity contribution in [1.82, 2.24) is 0 Å². The molecule has 0 spiro atoms. The number of hydrogen-bond acceptors (Lipinski definition) is 6. The molecule has 0 aliphatic rings. The molecule has 0 aliphatic heterocycles. The predicted octanol–water partition coefficient (Wildman–Crippen LogP) is 15.7. The fraction of sp³-hybridized carbons (Fsp3) is 0.750. The van der Waals surface area contributed by atoms with Crippen LogP contribution < -0.4 is 0 Å². The van der Waals surface area contributed by atoms with Gasteiger partial charge in [-0.15, -0.1) is 0 Å². The van der Waals surface area contributed by atoms with Crippen molar-refractivity contribution in [3.63, 3.8) is 0 Å². The first-order chi connectivity index (χ1) is 28.5. The Morgan fingerprint density at radius 1 is 0.362 bits per heavy atom. The van der Waals surface area contributed by atoms with Crippen molar-refractivity contribution < 1.29 is 28.6 Å². The Hall–Kier alpha value is -2.89. The second-order valence-corrected chi connectivity index (χ2v) is 16.0. The lowest BCUT2D eigenvalue weighted by Crippen LogP contribution is -2.30. The van der Waals surface area contributed by atoms with E-state index in [0.29, 0.717) is 19.3 Å². The first kappa shape index (κ1) is 55.1. The molecule has 0 aromatic carbocycles. The van der Waals surface area contributed by atoms with Crippen LogP contribution in [0.3, 0.4) is 0 Å². The predicted molar refractivity (Wildman–Crippen MR) is 247 cm³/mol. The normalized spacial score (nSPS) is 12.5. The lowest BCUT2D eigenvalue weighted by Gasteiger charge is -2.18. The molecule has 0 saturated carbocycles. The summed E-state index contributed by atoms with van der Waals surface area (Å²) in [6.45, 7) is 6.50. The van der Waals surface area contributed by atoms with Gasteiger partial charge in [-0.2, -0.15) is 0 Å². The van der Waals surface area contributed by atoms with E-state index in [1.165, 1.54) is 116 Å². The largest absolute Gasteiger partial charge is 0.462 e. The molecule has 0 aromatic heterocycles. The van der Waals surface area contributed by atoms with E-state index >= 15 is 0 Å². The highest BCUT2D eigenvalue weighted by Gasteiger charge is 2.19. The van der Waals surface area contributed by atoms with Crippen LogP contribution in [0.25, 0.3) is 0 Å². The summed E-state index contributed by atoms with van der Waals surface area (Å²) in [5.74, 6) is -0.981. The van der Waals surface area contributed by atoms with Crippen molar-refractivity contribution in [2.75, 3.05) is 13.2 Å². The first-order valence-electron chi connectivity index (χ1n) is 24.3. The van der Waals surface area contributed by atoms with E-state index in [-0.39, 0.29) is 37.5 Å². The van der Waals surface area contributed by atoms with Crippen molar-refractivity contribution in [2.24, 2.45) is 0 Å². The lowest BCUT2D eigenvalue weighted by atomic mass is 10.0. The van der Waals surface area contributed by atoms with Crippen LogP contribution in [0.5, 0.6) is 0 Å². The smallest absolute Gasteiger partial charge is 0.306 e. The van der Waals surface area contributed by atoms with E-state index in [9.17, 15) is 14.4 Å². The second-order valence-electron chi connectivity index (χ2n) is 16.0. The topological polar surface area (TPSA) is 78.9 Å². The van der Waals surface area contributed by atoms with Crippen LogP contribution in [-0.4, -0.2) is 37.2 Å². The number of unbranched alkanes of at least 4 members (excludes halogenated alkanes) is 23. The number of rotatable bonds is 43. The summed E-state index contributed by atoms with van der Waals surface area (Å²) in [4.78, 5) is 37.8. The minimum atomic E-state index is -0.801. The van der Waals surface area contributed by atoms with Gasteiger partial charge in [-0.05, 0) is 70.6 Å². The van der Waals surface area contributed by atoms with E-state index in [4.69, 9.17) is 14.2 Å². The molecule has 0 bridgehead atoms. The molecule has 0 radical (unpaired) electrons. The van der Waals surface area contributed by atoms with Gasteiger partial charge >= 0.3 is 17.9 Å². The van der Waals surface area contributed by atoms with Crippen molar-refractivity contribution in [2.45, 2.75) is 239 Å². The number of esters is 3. The van der Waals surface area contributed by atoms with E-state index in [1.807, 2.05) is 0 Å². The van der Waals surface area contributed by atoms with Gasteiger partial charge in [0.15, 0.2) is 6.10 Å². The fourth-order valence-electron chi connectivity index (χ4n) is 6.55. The van der Waals surface area contributed by atoms with Crippen molar-refractivity contribution >= 4 is 17.9 Å². The summed E-state index contributed by atoms with van der Waals surface area (Å²) in [7, 11) is 0. The van der Waals surface area contributed by atoms with E-state index in [0.717, 1.165) is 70.6 Å². The summed E-state index contributed by atoms with van der Waals surface area (Å²) in [5.41, 5.74) is 0. The Bertz CT molecular complexity index is 1070. The summed E-state index contributed by atoms with van der Waals surface area (Å²) < 4.78 is 16.7. The maximum atomic E-state index is 12.7. The van der Waals surface area contributed by atoms with Gasteiger partial charge < -0.3 is 14.2 Å². The van der Waals surface area contributed by atoms with Gasteiger partial charge in [0.25, 0.3) is 0 Å². The molecule has 0 saturated heterocycles. The third-order valence-electron chi connectivity index (χ3n) is 10.3. The minimum absolute atomic E-state index is 0.103. The fourth-order valence-corrected chi connectivity index (χ4v) is 6.55. The molecule has 0 N–H and O–H groups in total. The quantitative estimate of drug-likeness (QED) is 0.0201. The van der Waals surface area contributed by atoms with Crippen LogP contribution in [-0.2, 0) is 28.6 Å². The van der Waals surface area contributed by atoms with Crippen molar-refractivity contribution in [1.29, 1.82) is 0 Å². The van der Waals surface area contributed by atoms with Crippen molar-refractivity contribution in [3.8, 4) is 0 Å². The number of ether oxygens (including phenoxy) is 3. The highest BCUT2D eigenvalue weighted by atomic mass is 16.6. The van der Waals surface area contributed by atoms with Crippen LogP contribution in [0.4, 0.5) is 0 Å². The van der Waals surface area contributed by atoms with E-state index in [2.05, 4.69) is 81.5 Å². The molecule has 0 rings (SSSR count). The van der Waals surface area contributed by atoms with Gasteiger partial charge in [-0.3, -0.25) is 14.4 Å². The highest BCUT2D eigenvalue weighted by Crippen LogP contribution is 2.14. The van der Waals surface area contributed by atoms with Gasteiger partial charge in [0.1, 0.15) is 13.2 Å². The molecule has 1 atom stereocenters. The van der Waals surface area contributed by atoms with E-state index in [1.54, 1.807) is 0 Å². The Kier molecular flexibility index (Phi) is 44.5. The maximum absolute atomic E-state index is 12.7. The summed E-state index contributed by atoms with van der Waals surface area (Å²) in [5, 5.41) is 0. The zero-order valence-corrected chi connectivity index (χ0v) is 38.0. The third kappa shape index (κ3) is 44.2.